The Morgan fingerprint density at radius 2 is 1.97 bits per heavy atom. The van der Waals surface area contributed by atoms with Crippen molar-refractivity contribution in [3.05, 3.63) is 47.2 Å². The van der Waals surface area contributed by atoms with Crippen LogP contribution in [0, 0.1) is 19.8 Å². The number of carbonyl (C=O) groups excluding carboxylic acids is 1. The Labute approximate surface area is 172 Å². The van der Waals surface area contributed by atoms with Crippen LogP contribution in [0.3, 0.4) is 0 Å². The predicted molar refractivity (Wildman–Crippen MR) is 113 cm³/mol. The average Bonchev–Trinajstić information content (AvgIpc) is 3.17. The molecule has 154 valence electrons. The Morgan fingerprint density at radius 3 is 2.62 bits per heavy atom. The number of rotatable bonds is 4. The van der Waals surface area contributed by atoms with E-state index in [0.717, 1.165) is 68.9 Å². The van der Waals surface area contributed by atoms with Gasteiger partial charge in [-0.1, -0.05) is 6.07 Å². The predicted octanol–water partition coefficient (Wildman–Crippen LogP) is 2.12. The third-order valence-electron chi connectivity index (χ3n) is 6.23. The molecule has 4 heterocycles. The van der Waals surface area contributed by atoms with E-state index in [-0.39, 0.29) is 11.9 Å². The smallest absolute Gasteiger partial charge is 0.291 e. The van der Waals surface area contributed by atoms with Gasteiger partial charge in [-0.2, -0.15) is 0 Å². The highest BCUT2D eigenvalue weighted by atomic mass is 16.2. The van der Waals surface area contributed by atoms with Gasteiger partial charge in [0.1, 0.15) is 5.82 Å². The molecule has 2 aromatic heterocycles. The average molecular weight is 395 g/mol. The summed E-state index contributed by atoms with van der Waals surface area (Å²) < 4.78 is 0. The number of nitrogens with zero attached hydrogens (tertiary/aromatic N) is 5. The molecule has 2 fully saturated rings. The van der Waals surface area contributed by atoms with Crippen molar-refractivity contribution in [3.63, 3.8) is 0 Å². The number of anilines is 1. The van der Waals surface area contributed by atoms with Gasteiger partial charge in [-0.25, -0.2) is 9.97 Å². The molecular weight excluding hydrogens is 364 g/mol. The maximum atomic E-state index is 13.1. The molecule has 0 radical (unpaired) electrons. The minimum Gasteiger partial charge on any atom is -0.355 e. The minimum atomic E-state index is -0.0577. The number of hydrogen-bond donors (Lipinski definition) is 1. The molecule has 2 saturated heterocycles. The van der Waals surface area contributed by atoms with Crippen LogP contribution in [0.25, 0.3) is 0 Å². The van der Waals surface area contributed by atoms with Crippen LogP contribution in [0.15, 0.2) is 24.5 Å². The second kappa shape index (κ2) is 8.45. The SMILES string of the molecule is Cc1nc(C(=O)N2CCC(Cc3cccnc3)CC2)nc(N2CC[C@@H](N)C2)c1C. The lowest BCUT2D eigenvalue weighted by Crippen LogP contribution is -2.40. The van der Waals surface area contributed by atoms with Gasteiger partial charge in [0, 0.05) is 55.9 Å². The van der Waals surface area contributed by atoms with Crippen LogP contribution >= 0.6 is 0 Å². The Bertz CT molecular complexity index is 863. The monoisotopic (exact) mass is 394 g/mol. The van der Waals surface area contributed by atoms with Gasteiger partial charge in [0.15, 0.2) is 0 Å². The van der Waals surface area contributed by atoms with Gasteiger partial charge >= 0.3 is 0 Å². The van der Waals surface area contributed by atoms with E-state index in [0.29, 0.717) is 11.7 Å². The molecule has 2 aromatic rings. The molecule has 1 amide bonds. The third kappa shape index (κ3) is 4.40. The maximum Gasteiger partial charge on any atom is 0.291 e. The molecule has 29 heavy (non-hydrogen) atoms. The molecule has 0 bridgehead atoms. The van der Waals surface area contributed by atoms with E-state index in [4.69, 9.17) is 5.73 Å². The number of aryl methyl sites for hydroxylation is 1. The van der Waals surface area contributed by atoms with Crippen LogP contribution in [-0.4, -0.2) is 58.0 Å². The quantitative estimate of drug-likeness (QED) is 0.855. The lowest BCUT2D eigenvalue weighted by Gasteiger charge is -2.32. The maximum absolute atomic E-state index is 13.1. The van der Waals surface area contributed by atoms with Gasteiger partial charge in [0.25, 0.3) is 5.91 Å². The molecule has 7 nitrogen and oxygen atoms in total. The van der Waals surface area contributed by atoms with Gasteiger partial charge in [-0.05, 0) is 57.1 Å². The van der Waals surface area contributed by atoms with Crippen molar-refractivity contribution in [1.29, 1.82) is 0 Å². The number of nitrogens with two attached hydrogens (primary N) is 1. The number of carbonyl (C=O) groups is 1. The first-order chi connectivity index (χ1) is 14.0. The van der Waals surface area contributed by atoms with Crippen molar-refractivity contribution < 1.29 is 4.79 Å². The van der Waals surface area contributed by atoms with Crippen LogP contribution in [0.1, 0.15) is 46.7 Å². The van der Waals surface area contributed by atoms with Crippen LogP contribution < -0.4 is 10.6 Å². The van der Waals surface area contributed by atoms with E-state index >= 15 is 0 Å². The number of aromatic nitrogens is 3. The topological polar surface area (TPSA) is 88.2 Å². The summed E-state index contributed by atoms with van der Waals surface area (Å²) in [5.41, 5.74) is 9.24. The Kier molecular flexibility index (Phi) is 5.76. The minimum absolute atomic E-state index is 0.0577. The number of amides is 1. The fourth-order valence-corrected chi connectivity index (χ4v) is 4.33. The molecule has 0 saturated carbocycles. The van der Waals surface area contributed by atoms with Crippen molar-refractivity contribution >= 4 is 11.7 Å². The molecule has 4 rings (SSSR count). The molecule has 0 aliphatic carbocycles. The molecule has 2 aliphatic heterocycles. The fourth-order valence-electron chi connectivity index (χ4n) is 4.33. The zero-order chi connectivity index (χ0) is 20.4. The molecule has 0 unspecified atom stereocenters. The molecule has 7 heteroatoms. The first-order valence-corrected chi connectivity index (χ1v) is 10.5. The van der Waals surface area contributed by atoms with Crippen LogP contribution in [0.5, 0.6) is 0 Å². The zero-order valence-corrected chi connectivity index (χ0v) is 17.3. The second-order valence-electron chi connectivity index (χ2n) is 8.38. The normalized spacial score (nSPS) is 20.3. The molecule has 2 aliphatic rings. The number of pyridine rings is 1. The highest BCUT2D eigenvalue weighted by molar-refractivity contribution is 5.91. The lowest BCUT2D eigenvalue weighted by molar-refractivity contribution is 0.0678. The summed E-state index contributed by atoms with van der Waals surface area (Å²) in [5.74, 6) is 1.71. The van der Waals surface area contributed by atoms with E-state index in [2.05, 4.69) is 25.9 Å². The van der Waals surface area contributed by atoms with Gasteiger partial charge in [-0.15, -0.1) is 0 Å². The number of hydrogen-bond acceptors (Lipinski definition) is 6. The lowest BCUT2D eigenvalue weighted by atomic mass is 9.90. The van der Waals surface area contributed by atoms with Gasteiger partial charge in [-0.3, -0.25) is 9.78 Å². The van der Waals surface area contributed by atoms with E-state index < -0.39 is 0 Å². The Hall–Kier alpha value is -2.54. The van der Waals surface area contributed by atoms with Crippen LogP contribution in [0.2, 0.25) is 0 Å². The van der Waals surface area contributed by atoms with Crippen molar-refractivity contribution in [2.45, 2.75) is 45.6 Å². The number of likely N-dealkylation sites (tertiary alicyclic amines) is 1. The van der Waals surface area contributed by atoms with Gasteiger partial charge in [0.2, 0.25) is 5.82 Å². The van der Waals surface area contributed by atoms with Crippen LogP contribution in [0.4, 0.5) is 5.82 Å². The van der Waals surface area contributed by atoms with Crippen molar-refractivity contribution in [3.8, 4) is 0 Å². The summed E-state index contributed by atoms with van der Waals surface area (Å²) in [6, 6.07) is 4.28. The standard InChI is InChI=1S/C22H30N6O/c1-15-16(2)25-20(26-21(15)28-11-7-19(23)14-28)22(29)27-9-5-17(6-10-27)12-18-4-3-8-24-13-18/h3-4,8,13,17,19H,5-7,9-12,14,23H2,1-2H3/t19-/m1/s1. The Balaban J connectivity index is 1.43. The first-order valence-electron chi connectivity index (χ1n) is 10.5. The summed E-state index contributed by atoms with van der Waals surface area (Å²) in [6.07, 6.45) is 7.72. The summed E-state index contributed by atoms with van der Waals surface area (Å²) in [6.45, 7) is 7.14. The van der Waals surface area contributed by atoms with E-state index in [1.54, 1.807) is 6.20 Å². The van der Waals surface area contributed by atoms with E-state index in [9.17, 15) is 4.79 Å². The first kappa shape index (κ1) is 19.8. The van der Waals surface area contributed by atoms with Crippen molar-refractivity contribution in [1.82, 2.24) is 19.9 Å². The third-order valence-corrected chi connectivity index (χ3v) is 6.23. The zero-order valence-electron chi connectivity index (χ0n) is 17.3. The van der Waals surface area contributed by atoms with Gasteiger partial charge in [0.05, 0.1) is 0 Å². The summed E-state index contributed by atoms with van der Waals surface area (Å²) in [7, 11) is 0. The number of piperidine rings is 1. The van der Waals surface area contributed by atoms with E-state index in [1.807, 2.05) is 31.0 Å². The highest BCUT2D eigenvalue weighted by Gasteiger charge is 2.28. The van der Waals surface area contributed by atoms with Crippen LogP contribution in [-0.2, 0) is 6.42 Å². The largest absolute Gasteiger partial charge is 0.355 e. The van der Waals surface area contributed by atoms with E-state index in [1.165, 1.54) is 5.56 Å². The summed E-state index contributed by atoms with van der Waals surface area (Å²) in [4.78, 5) is 30.6. The van der Waals surface area contributed by atoms with Gasteiger partial charge < -0.3 is 15.5 Å². The highest BCUT2D eigenvalue weighted by Crippen LogP contribution is 2.25. The molecular formula is C22H30N6O. The molecule has 0 aromatic carbocycles. The summed E-state index contributed by atoms with van der Waals surface area (Å²) >= 11 is 0. The van der Waals surface area contributed by atoms with Crippen molar-refractivity contribution in [2.24, 2.45) is 11.7 Å². The molecule has 2 N–H and O–H groups in total. The van der Waals surface area contributed by atoms with Crippen molar-refractivity contribution in [2.75, 3.05) is 31.1 Å². The molecule has 0 spiro atoms. The fraction of sp³-hybridized carbons (Fsp3) is 0.545. The summed E-state index contributed by atoms with van der Waals surface area (Å²) in [5, 5.41) is 0. The second-order valence-corrected chi connectivity index (χ2v) is 8.38. The Morgan fingerprint density at radius 1 is 1.17 bits per heavy atom. The molecule has 1 atom stereocenters.